The molecule has 0 unspecified atom stereocenters. The van der Waals surface area contributed by atoms with Crippen molar-refractivity contribution in [3.63, 3.8) is 0 Å². The number of carboxylic acid groups (broad SMARTS) is 1. The lowest BCUT2D eigenvalue weighted by Gasteiger charge is -2.34. The van der Waals surface area contributed by atoms with Crippen LogP contribution in [0.4, 0.5) is 4.79 Å². The molecular weight excluding hydrogens is 286 g/mol. The monoisotopic (exact) mass is 311 g/mol. The van der Waals surface area contributed by atoms with Crippen LogP contribution in [0, 0.1) is 11.8 Å². The smallest absolute Gasteiger partial charge is 0.331 e. The molecule has 3 amide bonds. The second kappa shape index (κ2) is 7.82. The molecule has 7 nitrogen and oxygen atoms in total. The van der Waals surface area contributed by atoms with Gasteiger partial charge in [0.25, 0.3) is 0 Å². The average molecular weight is 311 g/mol. The number of primary amides is 1. The molecule has 0 spiro atoms. The van der Waals surface area contributed by atoms with Crippen LogP contribution in [0.15, 0.2) is 11.6 Å². The lowest BCUT2D eigenvalue weighted by atomic mass is 9.82. The van der Waals surface area contributed by atoms with Crippen LogP contribution in [0.2, 0.25) is 0 Å². The fraction of sp³-hybridized carbons (Fsp3) is 0.667. The van der Waals surface area contributed by atoms with Crippen LogP contribution in [0.25, 0.3) is 0 Å². The van der Waals surface area contributed by atoms with Crippen molar-refractivity contribution in [1.29, 1.82) is 0 Å². The van der Waals surface area contributed by atoms with Crippen LogP contribution in [0.1, 0.15) is 40.0 Å². The highest BCUT2D eigenvalue weighted by atomic mass is 16.4. The standard InChI is InChI=1S/C15H25N3O4/c1-4-9(5-2)13(17-8(3)19)11-6-10(14(20)21)7-12(11)18-15(16)22/h6,9,11-13H,4-5,7H2,1-3H3,(H,17,19)(H,20,21)(H3,16,18,22)/t11-,12-,13-/m1/s1. The Labute approximate surface area is 130 Å². The lowest BCUT2D eigenvalue weighted by Crippen LogP contribution is -2.51. The number of carbonyl (C=O) groups excluding carboxylic acids is 2. The molecule has 0 aromatic heterocycles. The van der Waals surface area contributed by atoms with Gasteiger partial charge in [0, 0.05) is 36.9 Å². The fourth-order valence-electron chi connectivity index (χ4n) is 3.19. The van der Waals surface area contributed by atoms with Gasteiger partial charge in [0.15, 0.2) is 0 Å². The molecule has 0 radical (unpaired) electrons. The first-order valence-corrected chi connectivity index (χ1v) is 7.57. The van der Waals surface area contributed by atoms with E-state index in [1.54, 1.807) is 6.08 Å². The molecule has 22 heavy (non-hydrogen) atoms. The van der Waals surface area contributed by atoms with Gasteiger partial charge in [0.2, 0.25) is 5.91 Å². The molecule has 0 saturated heterocycles. The molecule has 1 aliphatic rings. The summed E-state index contributed by atoms with van der Waals surface area (Å²) in [5.41, 5.74) is 5.43. The first kappa shape index (κ1) is 18.0. The maximum atomic E-state index is 11.5. The van der Waals surface area contributed by atoms with Crippen molar-refractivity contribution in [2.24, 2.45) is 17.6 Å². The van der Waals surface area contributed by atoms with E-state index in [9.17, 15) is 19.5 Å². The van der Waals surface area contributed by atoms with Crippen molar-refractivity contribution in [1.82, 2.24) is 10.6 Å². The normalized spacial score (nSPS) is 22.1. The predicted octanol–water partition coefficient (Wildman–Crippen LogP) is 0.995. The molecule has 7 heteroatoms. The fourth-order valence-corrected chi connectivity index (χ4v) is 3.19. The van der Waals surface area contributed by atoms with Gasteiger partial charge in [-0.1, -0.05) is 32.8 Å². The van der Waals surface area contributed by atoms with Gasteiger partial charge in [-0.3, -0.25) is 4.79 Å². The minimum Gasteiger partial charge on any atom is -0.478 e. The molecule has 0 aliphatic heterocycles. The first-order chi connectivity index (χ1) is 10.3. The molecule has 0 aromatic rings. The quantitative estimate of drug-likeness (QED) is 0.560. The molecule has 0 saturated carbocycles. The predicted molar refractivity (Wildman–Crippen MR) is 82.0 cm³/mol. The van der Waals surface area contributed by atoms with E-state index >= 15 is 0 Å². The number of amides is 3. The summed E-state index contributed by atoms with van der Waals surface area (Å²) in [6.07, 6.45) is 3.54. The Kier molecular flexibility index (Phi) is 6.39. The molecular formula is C15H25N3O4. The van der Waals surface area contributed by atoms with Gasteiger partial charge in [-0.05, 0) is 5.92 Å². The summed E-state index contributed by atoms with van der Waals surface area (Å²) in [6.45, 7) is 5.48. The summed E-state index contributed by atoms with van der Waals surface area (Å²) in [7, 11) is 0. The third-order valence-electron chi connectivity index (χ3n) is 4.24. The third kappa shape index (κ3) is 4.47. The van der Waals surface area contributed by atoms with Gasteiger partial charge >= 0.3 is 12.0 Å². The first-order valence-electron chi connectivity index (χ1n) is 7.57. The molecule has 0 aromatic carbocycles. The van der Waals surface area contributed by atoms with Crippen LogP contribution in [-0.4, -0.2) is 35.1 Å². The minimum absolute atomic E-state index is 0.174. The van der Waals surface area contributed by atoms with E-state index in [-0.39, 0.29) is 35.8 Å². The van der Waals surface area contributed by atoms with Gasteiger partial charge in [-0.25, -0.2) is 9.59 Å². The van der Waals surface area contributed by atoms with Crippen molar-refractivity contribution in [2.75, 3.05) is 0 Å². The largest absolute Gasteiger partial charge is 0.478 e. The van der Waals surface area contributed by atoms with Crippen LogP contribution in [0.5, 0.6) is 0 Å². The lowest BCUT2D eigenvalue weighted by molar-refractivity contribution is -0.132. The summed E-state index contributed by atoms with van der Waals surface area (Å²) in [4.78, 5) is 33.9. The van der Waals surface area contributed by atoms with Crippen molar-refractivity contribution in [3.8, 4) is 0 Å². The van der Waals surface area contributed by atoms with Crippen LogP contribution < -0.4 is 16.4 Å². The number of aliphatic carboxylic acids is 1. The number of carboxylic acids is 1. The zero-order valence-electron chi connectivity index (χ0n) is 13.3. The van der Waals surface area contributed by atoms with Crippen molar-refractivity contribution in [2.45, 2.75) is 52.1 Å². The molecule has 0 heterocycles. The second-order valence-corrected chi connectivity index (χ2v) is 5.70. The molecule has 124 valence electrons. The van der Waals surface area contributed by atoms with E-state index in [1.165, 1.54) is 6.92 Å². The molecule has 0 fully saturated rings. The molecule has 0 bridgehead atoms. The Morgan fingerprint density at radius 3 is 2.36 bits per heavy atom. The van der Waals surface area contributed by atoms with Gasteiger partial charge in [0.05, 0.1) is 0 Å². The number of nitrogens with two attached hydrogens (primary N) is 1. The van der Waals surface area contributed by atoms with E-state index in [0.29, 0.717) is 0 Å². The van der Waals surface area contributed by atoms with E-state index in [1.807, 2.05) is 13.8 Å². The van der Waals surface area contributed by atoms with Crippen LogP contribution in [-0.2, 0) is 9.59 Å². The molecule has 1 aliphatic carbocycles. The number of carbonyl (C=O) groups is 3. The molecule has 5 N–H and O–H groups in total. The van der Waals surface area contributed by atoms with Crippen molar-refractivity contribution >= 4 is 17.9 Å². The summed E-state index contributed by atoms with van der Waals surface area (Å²) in [6, 6.07) is -1.34. The third-order valence-corrected chi connectivity index (χ3v) is 4.24. The second-order valence-electron chi connectivity index (χ2n) is 5.70. The summed E-state index contributed by atoms with van der Waals surface area (Å²) < 4.78 is 0. The van der Waals surface area contributed by atoms with E-state index in [4.69, 9.17) is 5.73 Å². The topological polar surface area (TPSA) is 122 Å². The Morgan fingerprint density at radius 2 is 1.95 bits per heavy atom. The number of nitrogens with one attached hydrogen (secondary N) is 2. The maximum absolute atomic E-state index is 11.5. The van der Waals surface area contributed by atoms with Crippen molar-refractivity contribution < 1.29 is 19.5 Å². The van der Waals surface area contributed by atoms with Crippen LogP contribution >= 0.6 is 0 Å². The molecule has 3 atom stereocenters. The zero-order valence-corrected chi connectivity index (χ0v) is 13.3. The van der Waals surface area contributed by atoms with E-state index in [0.717, 1.165) is 12.8 Å². The SMILES string of the molecule is CCC(CC)[C@@H](NC(C)=O)[C@@H]1C=C(C(=O)O)C[C@H]1NC(N)=O. The summed E-state index contributed by atoms with van der Waals surface area (Å²) in [5, 5.41) is 14.7. The van der Waals surface area contributed by atoms with Crippen molar-refractivity contribution in [3.05, 3.63) is 11.6 Å². The summed E-state index contributed by atoms with van der Waals surface area (Å²) in [5.74, 6) is -1.28. The Balaban J connectivity index is 3.11. The zero-order chi connectivity index (χ0) is 16.9. The molecule has 1 rings (SSSR count). The Bertz CT molecular complexity index is 471. The highest BCUT2D eigenvalue weighted by Gasteiger charge is 2.39. The van der Waals surface area contributed by atoms with E-state index in [2.05, 4.69) is 10.6 Å². The number of rotatable bonds is 7. The summed E-state index contributed by atoms with van der Waals surface area (Å²) >= 11 is 0. The highest BCUT2D eigenvalue weighted by Crippen LogP contribution is 2.32. The number of urea groups is 1. The van der Waals surface area contributed by atoms with Crippen LogP contribution in [0.3, 0.4) is 0 Å². The van der Waals surface area contributed by atoms with Gasteiger partial charge in [-0.2, -0.15) is 0 Å². The van der Waals surface area contributed by atoms with E-state index < -0.39 is 18.0 Å². The van der Waals surface area contributed by atoms with Gasteiger partial charge < -0.3 is 21.5 Å². The van der Waals surface area contributed by atoms with Gasteiger partial charge in [0.1, 0.15) is 0 Å². The number of hydrogen-bond acceptors (Lipinski definition) is 3. The Morgan fingerprint density at radius 1 is 1.36 bits per heavy atom. The minimum atomic E-state index is -1.01. The Hall–Kier alpha value is -2.05. The maximum Gasteiger partial charge on any atom is 0.331 e. The number of hydrogen-bond donors (Lipinski definition) is 4. The highest BCUT2D eigenvalue weighted by molar-refractivity contribution is 5.87. The van der Waals surface area contributed by atoms with Gasteiger partial charge in [-0.15, -0.1) is 0 Å². The average Bonchev–Trinajstić information content (AvgIpc) is 2.81.